The number of aromatic nitrogens is 4. The molecule has 0 fully saturated rings. The summed E-state index contributed by atoms with van der Waals surface area (Å²) in [6, 6.07) is 21.5. The molecule has 0 aliphatic carbocycles. The van der Waals surface area contributed by atoms with E-state index < -0.39 is 0 Å². The molecule has 0 spiro atoms. The van der Waals surface area contributed by atoms with Gasteiger partial charge in [0.15, 0.2) is 11.6 Å². The lowest BCUT2D eigenvalue weighted by Gasteiger charge is -2.28. The Morgan fingerprint density at radius 3 is 2.48 bits per heavy atom. The fraction of sp³-hybridized carbons (Fsp3) is 0.167. The summed E-state index contributed by atoms with van der Waals surface area (Å²) in [5, 5.41) is 11.7. The van der Waals surface area contributed by atoms with E-state index in [1.54, 1.807) is 12.3 Å². The normalized spacial score (nSPS) is 13.0. The van der Waals surface area contributed by atoms with Gasteiger partial charge in [-0.25, -0.2) is 4.98 Å². The third kappa shape index (κ3) is 3.90. The number of hydrogen-bond donors (Lipinski definition) is 1. The first kappa shape index (κ1) is 19.0. The van der Waals surface area contributed by atoms with Crippen LogP contribution in [0.4, 0.5) is 11.5 Å². The van der Waals surface area contributed by atoms with E-state index in [0.717, 1.165) is 47.4 Å². The fourth-order valence-corrected chi connectivity index (χ4v) is 3.70. The highest BCUT2D eigenvalue weighted by Gasteiger charge is 2.22. The molecular formula is C24H22N6O. The van der Waals surface area contributed by atoms with Gasteiger partial charge in [0.05, 0.1) is 12.1 Å². The van der Waals surface area contributed by atoms with Crippen LogP contribution in [0.2, 0.25) is 0 Å². The highest BCUT2D eigenvalue weighted by molar-refractivity contribution is 6.04. The van der Waals surface area contributed by atoms with Gasteiger partial charge in [0, 0.05) is 30.5 Å². The summed E-state index contributed by atoms with van der Waals surface area (Å²) in [5.41, 5.74) is 3.51. The molecule has 0 atom stereocenters. The third-order valence-electron chi connectivity index (χ3n) is 5.43. The number of benzene rings is 2. The van der Waals surface area contributed by atoms with Crippen molar-refractivity contribution in [1.82, 2.24) is 19.7 Å². The SMILES string of the molecule is Cc1ccc(NC(=O)c2ccc(N3CCn4c(nnc4-c4ccccc4)C3)nc2)cc1. The Labute approximate surface area is 180 Å². The van der Waals surface area contributed by atoms with Crippen LogP contribution in [0, 0.1) is 6.92 Å². The average Bonchev–Trinajstić information content (AvgIpc) is 3.24. The Morgan fingerprint density at radius 1 is 0.935 bits per heavy atom. The van der Waals surface area contributed by atoms with Crippen molar-refractivity contribution in [2.45, 2.75) is 20.0 Å². The second-order valence-electron chi connectivity index (χ2n) is 7.60. The van der Waals surface area contributed by atoms with Crippen molar-refractivity contribution in [2.24, 2.45) is 0 Å². The summed E-state index contributed by atoms with van der Waals surface area (Å²) >= 11 is 0. The standard InChI is InChI=1S/C24H22N6O/c1-17-7-10-20(11-8-17)26-24(31)19-9-12-21(25-15-19)29-13-14-30-22(16-29)27-28-23(30)18-5-3-2-4-6-18/h2-12,15H,13-14,16H2,1H3,(H,26,31). The minimum atomic E-state index is -0.172. The van der Waals surface area contributed by atoms with Gasteiger partial charge in [-0.3, -0.25) is 4.79 Å². The van der Waals surface area contributed by atoms with Crippen molar-refractivity contribution in [2.75, 3.05) is 16.8 Å². The van der Waals surface area contributed by atoms with Gasteiger partial charge in [-0.2, -0.15) is 0 Å². The van der Waals surface area contributed by atoms with Crippen molar-refractivity contribution in [3.05, 3.63) is 89.9 Å². The second kappa shape index (κ2) is 8.02. The molecule has 0 unspecified atom stereocenters. The van der Waals surface area contributed by atoms with Crippen molar-refractivity contribution in [3.63, 3.8) is 0 Å². The van der Waals surface area contributed by atoms with Crippen LogP contribution >= 0.6 is 0 Å². The average molecular weight is 410 g/mol. The van der Waals surface area contributed by atoms with Crippen molar-refractivity contribution in [1.29, 1.82) is 0 Å². The molecular weight excluding hydrogens is 388 g/mol. The maximum atomic E-state index is 12.5. The van der Waals surface area contributed by atoms with Crippen LogP contribution in [-0.4, -0.2) is 32.2 Å². The molecule has 2 aromatic heterocycles. The summed E-state index contributed by atoms with van der Waals surface area (Å²) in [6.45, 7) is 4.22. The first-order valence-corrected chi connectivity index (χ1v) is 10.2. The van der Waals surface area contributed by atoms with Crippen molar-refractivity contribution >= 4 is 17.4 Å². The van der Waals surface area contributed by atoms with Crippen molar-refractivity contribution < 1.29 is 4.79 Å². The maximum Gasteiger partial charge on any atom is 0.257 e. The Hall–Kier alpha value is -4.00. The Balaban J connectivity index is 1.28. The minimum absolute atomic E-state index is 0.172. The quantitative estimate of drug-likeness (QED) is 0.552. The van der Waals surface area contributed by atoms with Crippen molar-refractivity contribution in [3.8, 4) is 11.4 Å². The third-order valence-corrected chi connectivity index (χ3v) is 5.43. The number of carbonyl (C=O) groups is 1. The van der Waals surface area contributed by atoms with Gasteiger partial charge in [-0.05, 0) is 31.2 Å². The smallest absolute Gasteiger partial charge is 0.257 e. The van der Waals surface area contributed by atoms with E-state index in [-0.39, 0.29) is 5.91 Å². The number of hydrogen-bond acceptors (Lipinski definition) is 5. The molecule has 7 heteroatoms. The van der Waals surface area contributed by atoms with Crippen LogP contribution in [0.25, 0.3) is 11.4 Å². The molecule has 3 heterocycles. The molecule has 31 heavy (non-hydrogen) atoms. The van der Waals surface area contributed by atoms with Crippen LogP contribution in [0.5, 0.6) is 0 Å². The number of amides is 1. The van der Waals surface area contributed by atoms with E-state index in [1.165, 1.54) is 0 Å². The van der Waals surface area contributed by atoms with Gasteiger partial charge in [0.2, 0.25) is 0 Å². The Kier molecular flexibility index (Phi) is 4.92. The highest BCUT2D eigenvalue weighted by atomic mass is 16.1. The number of nitrogens with zero attached hydrogens (tertiary/aromatic N) is 5. The molecule has 7 nitrogen and oxygen atoms in total. The number of aryl methyl sites for hydroxylation is 1. The Morgan fingerprint density at radius 2 is 1.74 bits per heavy atom. The zero-order valence-corrected chi connectivity index (χ0v) is 17.2. The molecule has 2 aromatic carbocycles. The van der Waals surface area contributed by atoms with Gasteiger partial charge in [-0.15, -0.1) is 10.2 Å². The summed E-state index contributed by atoms with van der Waals surface area (Å²) in [4.78, 5) is 19.2. The zero-order valence-electron chi connectivity index (χ0n) is 17.2. The first-order valence-electron chi connectivity index (χ1n) is 10.2. The van der Waals surface area contributed by atoms with Crippen LogP contribution in [0.1, 0.15) is 21.7 Å². The van der Waals surface area contributed by atoms with Gasteiger partial charge in [-0.1, -0.05) is 48.0 Å². The largest absolute Gasteiger partial charge is 0.347 e. The molecule has 5 rings (SSSR count). The summed E-state index contributed by atoms with van der Waals surface area (Å²) in [7, 11) is 0. The van der Waals surface area contributed by atoms with E-state index in [2.05, 4.69) is 30.0 Å². The first-order chi connectivity index (χ1) is 15.2. The molecule has 0 saturated heterocycles. The zero-order chi connectivity index (χ0) is 21.2. The van der Waals surface area contributed by atoms with E-state index in [0.29, 0.717) is 12.1 Å². The minimum Gasteiger partial charge on any atom is -0.347 e. The van der Waals surface area contributed by atoms with E-state index in [9.17, 15) is 4.79 Å². The lowest BCUT2D eigenvalue weighted by Crippen LogP contribution is -2.34. The molecule has 4 aromatic rings. The molecule has 154 valence electrons. The van der Waals surface area contributed by atoms with E-state index in [1.807, 2.05) is 67.6 Å². The number of anilines is 2. The molecule has 1 amide bonds. The molecule has 0 saturated carbocycles. The Bertz CT molecular complexity index is 1200. The summed E-state index contributed by atoms with van der Waals surface area (Å²) < 4.78 is 2.16. The van der Waals surface area contributed by atoms with Gasteiger partial charge in [0.25, 0.3) is 5.91 Å². The predicted molar refractivity (Wildman–Crippen MR) is 120 cm³/mol. The lowest BCUT2D eigenvalue weighted by molar-refractivity contribution is 0.102. The second-order valence-corrected chi connectivity index (χ2v) is 7.60. The molecule has 1 aliphatic rings. The van der Waals surface area contributed by atoms with Crippen LogP contribution < -0.4 is 10.2 Å². The van der Waals surface area contributed by atoms with E-state index in [4.69, 9.17) is 0 Å². The highest BCUT2D eigenvalue weighted by Crippen LogP contribution is 2.24. The molecule has 1 aliphatic heterocycles. The maximum absolute atomic E-state index is 12.5. The van der Waals surface area contributed by atoms with Gasteiger partial charge in [0.1, 0.15) is 5.82 Å². The number of pyridine rings is 1. The van der Waals surface area contributed by atoms with Crippen LogP contribution in [0.3, 0.4) is 0 Å². The van der Waals surface area contributed by atoms with Gasteiger partial charge >= 0.3 is 0 Å². The number of rotatable bonds is 4. The molecule has 0 bridgehead atoms. The number of fused-ring (bicyclic) bond motifs is 1. The van der Waals surface area contributed by atoms with Crippen LogP contribution in [0.15, 0.2) is 72.9 Å². The molecule has 0 radical (unpaired) electrons. The monoisotopic (exact) mass is 410 g/mol. The fourth-order valence-electron chi connectivity index (χ4n) is 3.70. The summed E-state index contributed by atoms with van der Waals surface area (Å²) in [5.74, 6) is 2.45. The topological polar surface area (TPSA) is 75.9 Å². The lowest BCUT2D eigenvalue weighted by atomic mass is 10.2. The predicted octanol–water partition coefficient (Wildman–Crippen LogP) is 3.92. The molecule has 1 N–H and O–H groups in total. The van der Waals surface area contributed by atoms with Crippen LogP contribution in [-0.2, 0) is 13.1 Å². The summed E-state index contributed by atoms with van der Waals surface area (Å²) in [6.07, 6.45) is 1.62. The number of nitrogens with one attached hydrogen (secondary N) is 1. The number of carbonyl (C=O) groups excluding carboxylic acids is 1. The van der Waals surface area contributed by atoms with E-state index >= 15 is 0 Å². The van der Waals surface area contributed by atoms with Gasteiger partial charge < -0.3 is 14.8 Å².